The number of methoxy groups -OCH3 is 1. The van der Waals surface area contributed by atoms with Crippen molar-refractivity contribution in [3.63, 3.8) is 0 Å². The zero-order chi connectivity index (χ0) is 28.0. The first-order chi connectivity index (χ1) is 19.0. The molecule has 2 aromatic heterocycles. The predicted molar refractivity (Wildman–Crippen MR) is 146 cm³/mol. The predicted octanol–water partition coefficient (Wildman–Crippen LogP) is 2.97. The molecule has 3 rings (SSSR count). The monoisotopic (exact) mass is 551 g/mol. The second-order valence-electron chi connectivity index (χ2n) is 10.3. The first-order valence-corrected chi connectivity index (χ1v) is 14.3. The highest BCUT2D eigenvalue weighted by molar-refractivity contribution is 5.70. The Hall–Kier alpha value is -2.54. The molecular formula is C27H45N5O7. The summed E-state index contributed by atoms with van der Waals surface area (Å²) < 4.78 is 18.0. The smallest absolute Gasteiger partial charge is 0.305 e. The van der Waals surface area contributed by atoms with Crippen LogP contribution in [-0.2, 0) is 19.0 Å². The van der Waals surface area contributed by atoms with E-state index in [4.69, 9.17) is 15.2 Å². The number of aliphatic hydroxyl groups excluding tert-OH is 2. The van der Waals surface area contributed by atoms with Crippen LogP contribution < -0.4 is 11.3 Å². The lowest BCUT2D eigenvalue weighted by Crippen LogP contribution is -2.35. The zero-order valence-corrected chi connectivity index (χ0v) is 23.1. The second kappa shape index (κ2) is 16.5. The van der Waals surface area contributed by atoms with Gasteiger partial charge in [0, 0.05) is 13.0 Å². The molecule has 5 N–H and O–H groups in total. The summed E-state index contributed by atoms with van der Waals surface area (Å²) >= 11 is 0. The van der Waals surface area contributed by atoms with Gasteiger partial charge in [-0.25, -0.2) is 4.98 Å². The molecule has 0 radical (unpaired) electrons. The molecule has 0 aliphatic carbocycles. The first kappa shape index (κ1) is 31.0. The molecule has 4 atom stereocenters. The Morgan fingerprint density at radius 2 is 1.64 bits per heavy atom. The summed E-state index contributed by atoms with van der Waals surface area (Å²) in [5.74, 6) is -0.161. The van der Waals surface area contributed by atoms with Gasteiger partial charge in [0.25, 0.3) is 5.56 Å². The number of nitrogens with one attached hydrogen (secondary N) is 1. The van der Waals surface area contributed by atoms with Crippen molar-refractivity contribution in [2.75, 3.05) is 26.1 Å². The fourth-order valence-corrected chi connectivity index (χ4v) is 5.04. The maximum atomic E-state index is 12.1. The summed E-state index contributed by atoms with van der Waals surface area (Å²) in [7, 11) is 1.44. The molecule has 0 spiro atoms. The van der Waals surface area contributed by atoms with E-state index >= 15 is 0 Å². The minimum atomic E-state index is -1.03. The molecule has 1 fully saturated rings. The van der Waals surface area contributed by atoms with Gasteiger partial charge in [-0.3, -0.25) is 19.1 Å². The van der Waals surface area contributed by atoms with Gasteiger partial charge in [-0.1, -0.05) is 70.6 Å². The standard InChI is InChI=1S/C27H45N5O7/c1-37-20(34)15-13-11-9-7-5-3-2-4-6-8-10-12-14-16-38-23-22(35)19(17-33)39-26(23)32-18-29-21-24(32)30-27(28)31-25(21)36/h18-19,22-23,26,33,35H,2-17H2,1H3,(H3,28,30,31,36)/t19-,22?,23+,26-/m1/s1. The van der Waals surface area contributed by atoms with Crippen LogP contribution in [0.15, 0.2) is 11.1 Å². The third-order valence-electron chi connectivity index (χ3n) is 7.28. The van der Waals surface area contributed by atoms with Crippen LogP contribution in [0, 0.1) is 0 Å². The number of fused-ring (bicyclic) bond motifs is 1. The van der Waals surface area contributed by atoms with Crippen molar-refractivity contribution in [2.24, 2.45) is 0 Å². The van der Waals surface area contributed by atoms with Crippen molar-refractivity contribution >= 4 is 23.1 Å². The van der Waals surface area contributed by atoms with Crippen LogP contribution in [0.4, 0.5) is 5.95 Å². The molecule has 1 aliphatic heterocycles. The van der Waals surface area contributed by atoms with E-state index in [0.29, 0.717) is 13.0 Å². The average molecular weight is 552 g/mol. The number of ether oxygens (including phenoxy) is 3. The maximum Gasteiger partial charge on any atom is 0.305 e. The largest absolute Gasteiger partial charge is 0.469 e. The minimum Gasteiger partial charge on any atom is -0.469 e. The Morgan fingerprint density at radius 1 is 1.05 bits per heavy atom. The Labute approximate surface area is 229 Å². The highest BCUT2D eigenvalue weighted by Gasteiger charge is 2.45. The minimum absolute atomic E-state index is 0.0481. The van der Waals surface area contributed by atoms with E-state index in [1.54, 1.807) is 0 Å². The number of esters is 1. The van der Waals surface area contributed by atoms with Gasteiger partial charge in [-0.05, 0) is 12.8 Å². The number of nitrogen functional groups attached to an aromatic ring is 1. The van der Waals surface area contributed by atoms with Gasteiger partial charge >= 0.3 is 5.97 Å². The number of hydrogen-bond acceptors (Lipinski definition) is 10. The second-order valence-corrected chi connectivity index (χ2v) is 10.3. The van der Waals surface area contributed by atoms with Gasteiger partial charge in [-0.2, -0.15) is 4.98 Å². The molecule has 12 nitrogen and oxygen atoms in total. The quantitative estimate of drug-likeness (QED) is 0.150. The number of unbranched alkanes of at least 4 members (excludes halogenated alkanes) is 12. The highest BCUT2D eigenvalue weighted by atomic mass is 16.6. The summed E-state index contributed by atoms with van der Waals surface area (Å²) in [6, 6.07) is 0. The summed E-state index contributed by atoms with van der Waals surface area (Å²) in [6.45, 7) is 0.0828. The summed E-state index contributed by atoms with van der Waals surface area (Å²) in [6.07, 6.45) is 13.5. The van der Waals surface area contributed by atoms with Crippen molar-refractivity contribution in [3.8, 4) is 0 Å². The van der Waals surface area contributed by atoms with E-state index in [1.807, 2.05) is 0 Å². The van der Waals surface area contributed by atoms with E-state index in [0.717, 1.165) is 32.1 Å². The van der Waals surface area contributed by atoms with Gasteiger partial charge in [-0.15, -0.1) is 0 Å². The Morgan fingerprint density at radius 3 is 2.23 bits per heavy atom. The molecule has 220 valence electrons. The van der Waals surface area contributed by atoms with E-state index < -0.39 is 30.1 Å². The Kier molecular flexibility index (Phi) is 13.1. The zero-order valence-electron chi connectivity index (χ0n) is 23.1. The van der Waals surface area contributed by atoms with E-state index in [-0.39, 0.29) is 29.7 Å². The van der Waals surface area contributed by atoms with Crippen LogP contribution in [0.5, 0.6) is 0 Å². The van der Waals surface area contributed by atoms with Gasteiger partial charge in [0.15, 0.2) is 17.4 Å². The molecule has 1 unspecified atom stereocenters. The molecule has 1 aliphatic rings. The third kappa shape index (κ3) is 9.26. The average Bonchev–Trinajstić information content (AvgIpc) is 3.48. The van der Waals surface area contributed by atoms with Crippen molar-refractivity contribution in [1.82, 2.24) is 19.5 Å². The van der Waals surface area contributed by atoms with Gasteiger partial charge < -0.3 is 30.2 Å². The number of aromatic amines is 1. The number of carbonyl (C=O) groups is 1. The topological polar surface area (TPSA) is 175 Å². The van der Waals surface area contributed by atoms with Crippen LogP contribution in [0.1, 0.15) is 96.1 Å². The van der Waals surface area contributed by atoms with Crippen molar-refractivity contribution in [1.29, 1.82) is 0 Å². The number of hydrogen-bond donors (Lipinski definition) is 4. The van der Waals surface area contributed by atoms with E-state index in [1.165, 1.54) is 69.4 Å². The molecule has 2 aromatic rings. The van der Waals surface area contributed by atoms with Gasteiger partial charge in [0.2, 0.25) is 5.95 Å². The Bertz CT molecular complexity index is 1060. The number of nitrogens with zero attached hydrogens (tertiary/aromatic N) is 3. The number of aliphatic hydroxyl groups is 2. The molecule has 12 heteroatoms. The number of aromatic nitrogens is 4. The van der Waals surface area contributed by atoms with Gasteiger partial charge in [0.05, 0.1) is 20.0 Å². The summed E-state index contributed by atoms with van der Waals surface area (Å²) in [5.41, 5.74) is 5.58. The molecule has 1 saturated heterocycles. The van der Waals surface area contributed by atoms with E-state index in [2.05, 4.69) is 19.7 Å². The van der Waals surface area contributed by atoms with Crippen molar-refractivity contribution in [2.45, 2.75) is 114 Å². The lowest BCUT2D eigenvalue weighted by Gasteiger charge is -2.22. The number of anilines is 1. The van der Waals surface area contributed by atoms with Crippen molar-refractivity contribution < 1.29 is 29.2 Å². The molecule has 0 amide bonds. The Balaban J connectivity index is 1.28. The van der Waals surface area contributed by atoms with Crippen LogP contribution in [0.25, 0.3) is 11.2 Å². The summed E-state index contributed by atoms with van der Waals surface area (Å²) in [5, 5.41) is 20.3. The van der Waals surface area contributed by atoms with Gasteiger partial charge in [0.1, 0.15) is 18.3 Å². The third-order valence-corrected chi connectivity index (χ3v) is 7.28. The van der Waals surface area contributed by atoms with Crippen LogP contribution >= 0.6 is 0 Å². The van der Waals surface area contributed by atoms with Crippen molar-refractivity contribution in [3.05, 3.63) is 16.7 Å². The number of carbonyl (C=O) groups excluding carboxylic acids is 1. The molecule has 0 saturated carbocycles. The first-order valence-electron chi connectivity index (χ1n) is 14.3. The summed E-state index contributed by atoms with van der Waals surface area (Å²) in [4.78, 5) is 33.9. The lowest BCUT2D eigenvalue weighted by atomic mass is 10.0. The SMILES string of the molecule is COC(=O)CCCCCCCCCCCCCCCO[C@H]1C(O)[C@@H](CO)O[C@H]1n1cnc2c(=O)[nH]c(N)nc21. The molecule has 39 heavy (non-hydrogen) atoms. The van der Waals surface area contributed by atoms with E-state index in [9.17, 15) is 19.8 Å². The normalized spacial score (nSPS) is 21.1. The molecule has 3 heterocycles. The fourth-order valence-electron chi connectivity index (χ4n) is 5.04. The number of rotatable bonds is 19. The fraction of sp³-hybridized carbons (Fsp3) is 0.778. The van der Waals surface area contributed by atoms with Crippen LogP contribution in [0.2, 0.25) is 0 Å². The maximum absolute atomic E-state index is 12.1. The molecular weight excluding hydrogens is 506 g/mol. The molecule has 0 aromatic carbocycles. The molecule has 0 bridgehead atoms. The number of H-pyrrole nitrogens is 1. The lowest BCUT2D eigenvalue weighted by molar-refractivity contribution is -0.140. The number of imidazole rings is 1. The highest BCUT2D eigenvalue weighted by Crippen LogP contribution is 2.33. The van der Waals surface area contributed by atoms with Crippen LogP contribution in [0.3, 0.4) is 0 Å². The number of nitrogens with two attached hydrogens (primary N) is 1. The van der Waals surface area contributed by atoms with Crippen LogP contribution in [-0.4, -0.2) is 74.3 Å².